The van der Waals surface area contributed by atoms with Crippen molar-refractivity contribution in [1.82, 2.24) is 0 Å². The molecule has 0 amide bonds. The van der Waals surface area contributed by atoms with E-state index < -0.39 is 11.6 Å². The summed E-state index contributed by atoms with van der Waals surface area (Å²) >= 11 is 0.990. The van der Waals surface area contributed by atoms with Crippen LogP contribution in [0.25, 0.3) is 0 Å². The van der Waals surface area contributed by atoms with Crippen LogP contribution >= 0.6 is 11.8 Å². The number of rotatable bonds is 5. The second kappa shape index (κ2) is 8.37. The van der Waals surface area contributed by atoms with E-state index in [1.807, 2.05) is 0 Å². The minimum Gasteiger partial charge on any atom is -0.425 e. The molecule has 1 aliphatic rings. The molecule has 0 bridgehead atoms. The van der Waals surface area contributed by atoms with E-state index in [0.717, 1.165) is 37.4 Å². The molecule has 0 unspecified atom stereocenters. The Hall–Kier alpha value is -0.750. The Kier molecular flexibility index (Phi) is 7.12. The second-order valence-electron chi connectivity index (χ2n) is 4.34. The van der Waals surface area contributed by atoms with Gasteiger partial charge in [0.1, 0.15) is 0 Å². The summed E-state index contributed by atoms with van der Waals surface area (Å²) in [7, 11) is 0. The predicted octanol–water partition coefficient (Wildman–Crippen LogP) is 2.28. The molecule has 1 aliphatic carbocycles. The Morgan fingerprint density at radius 1 is 1.28 bits per heavy atom. The van der Waals surface area contributed by atoms with E-state index in [0.29, 0.717) is 12.3 Å². The van der Waals surface area contributed by atoms with Gasteiger partial charge in [0.15, 0.2) is 0 Å². The molecule has 0 aromatic carbocycles. The molecular weight excluding hydrogens is 254 g/mol. The molecule has 0 aromatic rings. The first-order valence-electron chi connectivity index (χ1n) is 6.37. The number of carbonyl (C=O) groups is 2. The van der Waals surface area contributed by atoms with Crippen molar-refractivity contribution in [3.63, 3.8) is 0 Å². The zero-order valence-electron chi connectivity index (χ0n) is 10.7. The van der Waals surface area contributed by atoms with Gasteiger partial charge in [-0.1, -0.05) is 19.3 Å². The lowest BCUT2D eigenvalue weighted by atomic mass is 9.89. The highest BCUT2D eigenvalue weighted by Crippen LogP contribution is 2.25. The third-order valence-electron chi connectivity index (χ3n) is 2.82. The smallest absolute Gasteiger partial charge is 0.370 e. The third-order valence-corrected chi connectivity index (χ3v) is 3.59. The zero-order chi connectivity index (χ0) is 13.4. The van der Waals surface area contributed by atoms with Crippen molar-refractivity contribution >= 4 is 23.0 Å². The fourth-order valence-electron chi connectivity index (χ4n) is 1.93. The Morgan fingerprint density at radius 2 is 1.94 bits per heavy atom. The molecule has 0 spiro atoms. The molecular formula is C12H21NO4S. The van der Waals surface area contributed by atoms with Crippen LogP contribution in [0.1, 0.15) is 39.0 Å². The fraction of sp³-hybridized carbons (Fsp3) is 0.833. The summed E-state index contributed by atoms with van der Waals surface area (Å²) in [4.78, 5) is 23.0. The number of hydrogen-bond donors (Lipinski definition) is 1. The molecule has 6 heteroatoms. The molecule has 5 nitrogen and oxygen atoms in total. The van der Waals surface area contributed by atoms with Crippen molar-refractivity contribution in [3.8, 4) is 0 Å². The Labute approximate surface area is 112 Å². The minimum atomic E-state index is -0.822. The van der Waals surface area contributed by atoms with Gasteiger partial charge in [-0.2, -0.15) is 0 Å². The monoisotopic (exact) mass is 275 g/mol. The van der Waals surface area contributed by atoms with E-state index in [9.17, 15) is 9.59 Å². The van der Waals surface area contributed by atoms with Gasteiger partial charge in [-0.3, -0.25) is 4.79 Å². The second-order valence-corrected chi connectivity index (χ2v) is 5.37. The summed E-state index contributed by atoms with van der Waals surface area (Å²) in [6, 6.07) is 0. The van der Waals surface area contributed by atoms with E-state index in [2.05, 4.69) is 0 Å². The van der Waals surface area contributed by atoms with Crippen molar-refractivity contribution in [3.05, 3.63) is 0 Å². The molecule has 0 heterocycles. The van der Waals surface area contributed by atoms with Crippen LogP contribution in [0.4, 0.5) is 4.79 Å². The normalized spacial score (nSPS) is 18.1. The molecule has 1 atom stereocenters. The average Bonchev–Trinajstić information content (AvgIpc) is 2.37. The van der Waals surface area contributed by atoms with Crippen molar-refractivity contribution in [2.24, 2.45) is 11.7 Å². The lowest BCUT2D eigenvalue weighted by Crippen LogP contribution is -2.26. The number of nitrogens with two attached hydrogens (primary N) is 1. The Morgan fingerprint density at radius 3 is 2.56 bits per heavy atom. The van der Waals surface area contributed by atoms with E-state index in [4.69, 9.17) is 15.2 Å². The van der Waals surface area contributed by atoms with Crippen LogP contribution in [-0.4, -0.2) is 29.9 Å². The van der Waals surface area contributed by atoms with E-state index >= 15 is 0 Å². The number of hydrogen-bond acceptors (Lipinski definition) is 6. The maximum absolute atomic E-state index is 11.8. The van der Waals surface area contributed by atoms with Gasteiger partial charge in [0, 0.05) is 19.2 Å². The molecule has 1 saturated carbocycles. The summed E-state index contributed by atoms with van der Waals surface area (Å²) in [5.74, 6) is 0.220. The number of ether oxygens (including phenoxy) is 2. The molecule has 1 rings (SSSR count). The van der Waals surface area contributed by atoms with E-state index in [1.165, 1.54) is 6.42 Å². The van der Waals surface area contributed by atoms with Gasteiger partial charge >= 0.3 is 11.3 Å². The highest BCUT2D eigenvalue weighted by molar-refractivity contribution is 8.13. The standard InChI is InChI=1S/C12H21NO4S/c1-9(17-12(15)18-8-7-13)16-11(14)10-5-3-2-4-6-10/h9-10H,2-8,13H2,1H3/t9-/m0/s1. The molecule has 104 valence electrons. The van der Waals surface area contributed by atoms with Crippen LogP contribution < -0.4 is 5.73 Å². The molecule has 0 radical (unpaired) electrons. The zero-order valence-corrected chi connectivity index (χ0v) is 11.5. The largest absolute Gasteiger partial charge is 0.425 e. The first kappa shape index (κ1) is 15.3. The van der Waals surface area contributed by atoms with Gasteiger partial charge in [0.05, 0.1) is 5.92 Å². The van der Waals surface area contributed by atoms with Crippen molar-refractivity contribution in [2.45, 2.75) is 45.3 Å². The van der Waals surface area contributed by atoms with Gasteiger partial charge in [-0.05, 0) is 24.6 Å². The molecule has 2 N–H and O–H groups in total. The average molecular weight is 275 g/mol. The summed E-state index contributed by atoms with van der Waals surface area (Å²) in [5, 5.41) is -0.454. The Bertz CT molecular complexity index is 279. The molecule has 18 heavy (non-hydrogen) atoms. The van der Waals surface area contributed by atoms with E-state index in [-0.39, 0.29) is 11.9 Å². The van der Waals surface area contributed by atoms with Gasteiger partial charge in [0.25, 0.3) is 0 Å². The van der Waals surface area contributed by atoms with Crippen LogP contribution in [0.2, 0.25) is 0 Å². The lowest BCUT2D eigenvalue weighted by Gasteiger charge is -2.22. The number of esters is 1. The summed E-state index contributed by atoms with van der Waals surface area (Å²) in [5.41, 5.74) is 5.27. The fourth-order valence-corrected chi connectivity index (χ4v) is 2.42. The topological polar surface area (TPSA) is 78.6 Å². The maximum Gasteiger partial charge on any atom is 0.370 e. The van der Waals surface area contributed by atoms with Gasteiger partial charge in [-0.15, -0.1) is 0 Å². The SMILES string of the molecule is C[C@H](OC(=O)SCCN)OC(=O)C1CCCCC1. The quantitative estimate of drug-likeness (QED) is 0.612. The van der Waals surface area contributed by atoms with Crippen molar-refractivity contribution in [2.75, 3.05) is 12.3 Å². The molecule has 0 saturated heterocycles. The van der Waals surface area contributed by atoms with Crippen molar-refractivity contribution < 1.29 is 19.1 Å². The Balaban J connectivity index is 2.23. The molecule has 0 aromatic heterocycles. The van der Waals surface area contributed by atoms with Crippen LogP contribution in [0, 0.1) is 5.92 Å². The third kappa shape index (κ3) is 5.73. The van der Waals surface area contributed by atoms with Gasteiger partial charge in [-0.25, -0.2) is 4.79 Å². The molecule has 0 aliphatic heterocycles. The van der Waals surface area contributed by atoms with Crippen molar-refractivity contribution in [1.29, 1.82) is 0 Å². The first-order valence-corrected chi connectivity index (χ1v) is 7.36. The minimum absolute atomic E-state index is 0.0309. The highest BCUT2D eigenvalue weighted by Gasteiger charge is 2.25. The number of carbonyl (C=O) groups excluding carboxylic acids is 2. The lowest BCUT2D eigenvalue weighted by molar-refractivity contribution is -0.169. The molecule has 1 fully saturated rings. The summed E-state index contributed by atoms with van der Waals surface area (Å²) in [6.07, 6.45) is 4.25. The predicted molar refractivity (Wildman–Crippen MR) is 70.1 cm³/mol. The van der Waals surface area contributed by atoms with Gasteiger partial charge in [0.2, 0.25) is 6.29 Å². The first-order chi connectivity index (χ1) is 8.63. The summed E-state index contributed by atoms with van der Waals surface area (Å²) < 4.78 is 10.1. The van der Waals surface area contributed by atoms with Crippen LogP contribution in [0.15, 0.2) is 0 Å². The van der Waals surface area contributed by atoms with Gasteiger partial charge < -0.3 is 15.2 Å². The maximum atomic E-state index is 11.8. The number of thioether (sulfide) groups is 1. The van der Waals surface area contributed by atoms with Crippen LogP contribution in [-0.2, 0) is 14.3 Å². The van der Waals surface area contributed by atoms with Crippen LogP contribution in [0.3, 0.4) is 0 Å². The van der Waals surface area contributed by atoms with Crippen LogP contribution in [0.5, 0.6) is 0 Å². The highest BCUT2D eigenvalue weighted by atomic mass is 32.2. The summed E-state index contributed by atoms with van der Waals surface area (Å²) in [6.45, 7) is 1.97. The van der Waals surface area contributed by atoms with E-state index in [1.54, 1.807) is 6.92 Å².